The van der Waals surface area contributed by atoms with Gasteiger partial charge in [0.15, 0.2) is 8.32 Å². The molecular formula is C29H48O3Si. The Hall–Kier alpha value is -0.843. The summed E-state index contributed by atoms with van der Waals surface area (Å²) in [6.45, 7) is 17.2. The van der Waals surface area contributed by atoms with E-state index in [1.807, 2.05) is 0 Å². The normalized spacial score (nSPS) is 38.0. The lowest BCUT2D eigenvalue weighted by atomic mass is 9.49. The van der Waals surface area contributed by atoms with Crippen molar-refractivity contribution in [3.8, 4) is 0 Å². The zero-order valence-electron chi connectivity index (χ0n) is 21.9. The Morgan fingerprint density at radius 3 is 2.64 bits per heavy atom. The van der Waals surface area contributed by atoms with Crippen molar-refractivity contribution in [3.63, 3.8) is 0 Å². The van der Waals surface area contributed by atoms with Crippen LogP contribution in [0, 0.1) is 29.1 Å². The van der Waals surface area contributed by atoms with Crippen LogP contribution in [0.4, 0.5) is 0 Å². The number of ether oxygens (including phenoxy) is 1. The van der Waals surface area contributed by atoms with Gasteiger partial charge in [0.2, 0.25) is 0 Å². The molecule has 0 bridgehead atoms. The summed E-state index contributed by atoms with van der Waals surface area (Å²) in [6, 6.07) is 0. The van der Waals surface area contributed by atoms with Crippen LogP contribution in [0.2, 0.25) is 19.6 Å². The van der Waals surface area contributed by atoms with Crippen molar-refractivity contribution in [1.29, 1.82) is 0 Å². The molecule has 186 valence electrons. The second kappa shape index (κ2) is 9.66. The molecule has 0 aromatic carbocycles. The highest BCUT2D eigenvalue weighted by Gasteiger charge is 2.64. The van der Waals surface area contributed by atoms with Gasteiger partial charge in [-0.1, -0.05) is 19.6 Å². The van der Waals surface area contributed by atoms with Crippen molar-refractivity contribution >= 4 is 8.32 Å². The van der Waals surface area contributed by atoms with Gasteiger partial charge in [0, 0.05) is 18.4 Å². The molecule has 0 spiro atoms. The largest absolute Gasteiger partial charge is 0.498 e. The first kappa shape index (κ1) is 25.3. The van der Waals surface area contributed by atoms with E-state index in [1.54, 1.807) is 0 Å². The summed E-state index contributed by atoms with van der Waals surface area (Å²) in [7, 11) is -1.48. The van der Waals surface area contributed by atoms with E-state index >= 15 is 0 Å². The first-order chi connectivity index (χ1) is 15.6. The summed E-state index contributed by atoms with van der Waals surface area (Å²) in [5.41, 5.74) is 1.93. The monoisotopic (exact) mass is 472 g/mol. The number of allylic oxidation sites excluding steroid dienone is 4. The van der Waals surface area contributed by atoms with Gasteiger partial charge in [-0.3, -0.25) is 0 Å². The highest BCUT2D eigenvalue weighted by Crippen LogP contribution is 2.67. The van der Waals surface area contributed by atoms with Crippen molar-refractivity contribution in [2.24, 2.45) is 29.1 Å². The van der Waals surface area contributed by atoms with Gasteiger partial charge < -0.3 is 14.3 Å². The van der Waals surface area contributed by atoms with Gasteiger partial charge in [0.25, 0.3) is 0 Å². The van der Waals surface area contributed by atoms with Crippen molar-refractivity contribution in [2.45, 2.75) is 103 Å². The van der Waals surface area contributed by atoms with Crippen LogP contribution in [0.15, 0.2) is 35.6 Å². The second-order valence-corrected chi connectivity index (χ2v) is 16.7. The van der Waals surface area contributed by atoms with Crippen LogP contribution in [-0.4, -0.2) is 32.2 Å². The van der Waals surface area contributed by atoms with Crippen LogP contribution < -0.4 is 0 Å². The van der Waals surface area contributed by atoms with Crippen molar-refractivity contribution in [1.82, 2.24) is 0 Å². The van der Waals surface area contributed by atoms with Gasteiger partial charge >= 0.3 is 0 Å². The summed E-state index contributed by atoms with van der Waals surface area (Å²) in [6.07, 6.45) is 15.8. The molecule has 4 aliphatic rings. The molecule has 0 saturated heterocycles. The number of hydrogen-bond donors (Lipinski definition) is 1. The molecule has 0 aromatic rings. The van der Waals surface area contributed by atoms with Crippen molar-refractivity contribution in [2.75, 3.05) is 13.2 Å². The molecule has 4 aliphatic carbocycles. The molecular weight excluding hydrogens is 424 g/mol. The number of rotatable bonds is 9. The maximum atomic E-state index is 12.2. The molecule has 0 heterocycles. The average Bonchev–Trinajstić information content (AvgIpc) is 3.10. The van der Waals surface area contributed by atoms with Crippen LogP contribution in [0.5, 0.6) is 0 Å². The minimum absolute atomic E-state index is 0.0111. The maximum absolute atomic E-state index is 12.2. The Morgan fingerprint density at radius 1 is 1.15 bits per heavy atom. The molecule has 4 heteroatoms. The van der Waals surface area contributed by atoms with E-state index in [9.17, 15) is 5.11 Å². The molecule has 0 amide bonds. The third kappa shape index (κ3) is 4.57. The molecule has 2 saturated carbocycles. The molecule has 2 fully saturated rings. The lowest BCUT2D eigenvalue weighted by Crippen LogP contribution is -2.54. The zero-order valence-corrected chi connectivity index (χ0v) is 22.9. The predicted octanol–water partition coefficient (Wildman–Crippen LogP) is 7.40. The van der Waals surface area contributed by atoms with Crippen molar-refractivity contribution < 1.29 is 14.3 Å². The minimum atomic E-state index is -1.48. The third-order valence-corrected chi connectivity index (χ3v) is 10.7. The second-order valence-electron chi connectivity index (χ2n) is 12.2. The summed E-state index contributed by atoms with van der Waals surface area (Å²) < 4.78 is 11.9. The number of aliphatic hydroxyl groups is 1. The fourth-order valence-electron chi connectivity index (χ4n) is 8.19. The predicted molar refractivity (Wildman–Crippen MR) is 139 cm³/mol. The lowest BCUT2D eigenvalue weighted by molar-refractivity contribution is -0.107. The SMILES string of the molecule is C=C(CCCO[Si](C)(C)C)[C@]1(O)CC[C@H]2[C@@H]3CC=C4C=C(OCC)CC[C@@H]4[C@H]3CC[C@@]21CC. The molecule has 1 N–H and O–H groups in total. The molecule has 0 aliphatic heterocycles. The molecule has 33 heavy (non-hydrogen) atoms. The van der Waals surface area contributed by atoms with Gasteiger partial charge in [-0.05, 0) is 125 Å². The Kier molecular flexibility index (Phi) is 7.39. The van der Waals surface area contributed by atoms with Crippen LogP contribution in [-0.2, 0) is 9.16 Å². The van der Waals surface area contributed by atoms with Gasteiger partial charge in [-0.2, -0.15) is 0 Å². The van der Waals surface area contributed by atoms with E-state index in [4.69, 9.17) is 9.16 Å². The van der Waals surface area contributed by atoms with Crippen LogP contribution in [0.1, 0.15) is 78.1 Å². The minimum Gasteiger partial charge on any atom is -0.498 e. The summed E-state index contributed by atoms with van der Waals surface area (Å²) in [5, 5.41) is 12.2. The lowest BCUT2D eigenvalue weighted by Gasteiger charge is -2.56. The Morgan fingerprint density at radius 2 is 1.94 bits per heavy atom. The van der Waals surface area contributed by atoms with E-state index < -0.39 is 13.9 Å². The zero-order chi connectivity index (χ0) is 23.9. The third-order valence-electron chi connectivity index (χ3n) is 9.64. The van der Waals surface area contributed by atoms with E-state index in [1.165, 1.54) is 30.6 Å². The summed E-state index contributed by atoms with van der Waals surface area (Å²) in [5.74, 6) is 3.98. The molecule has 0 radical (unpaired) electrons. The fourth-order valence-corrected chi connectivity index (χ4v) is 8.95. The van der Waals surface area contributed by atoms with Crippen LogP contribution in [0.3, 0.4) is 0 Å². The van der Waals surface area contributed by atoms with Crippen LogP contribution in [0.25, 0.3) is 0 Å². The molecule has 0 aromatic heterocycles. The molecule has 3 nitrogen and oxygen atoms in total. The smallest absolute Gasteiger partial charge is 0.183 e. The van der Waals surface area contributed by atoms with Crippen LogP contribution >= 0.6 is 0 Å². The first-order valence-corrected chi connectivity index (χ1v) is 17.1. The maximum Gasteiger partial charge on any atom is 0.183 e. The summed E-state index contributed by atoms with van der Waals surface area (Å²) in [4.78, 5) is 0. The summed E-state index contributed by atoms with van der Waals surface area (Å²) >= 11 is 0. The van der Waals surface area contributed by atoms with Crippen molar-refractivity contribution in [3.05, 3.63) is 35.6 Å². The standard InChI is InChI=1S/C29H48O3Si/c1-7-28-17-15-25-24-14-12-23(31-8-2)20-22(24)11-13-26(25)27(28)16-18-29(28,30)21(3)10-9-19-32-33(4,5)6/h11,20,24-27,30H,3,7-10,12-19H2,1-2,4-6H3/t24-,25+,26+,27-,28-,29+/m0/s1. The van der Waals surface area contributed by atoms with Gasteiger partial charge in [-0.15, -0.1) is 0 Å². The first-order valence-electron chi connectivity index (χ1n) is 13.7. The van der Waals surface area contributed by atoms with Gasteiger partial charge in [-0.25, -0.2) is 0 Å². The highest BCUT2D eigenvalue weighted by molar-refractivity contribution is 6.69. The Balaban J connectivity index is 1.49. The van der Waals surface area contributed by atoms with E-state index in [-0.39, 0.29) is 5.41 Å². The van der Waals surface area contributed by atoms with E-state index in [2.05, 4.69) is 52.2 Å². The van der Waals surface area contributed by atoms with Gasteiger partial charge in [0.05, 0.1) is 18.0 Å². The molecule has 6 atom stereocenters. The Bertz CT molecular complexity index is 793. The number of hydrogen-bond acceptors (Lipinski definition) is 3. The Labute approximate surface area is 203 Å². The van der Waals surface area contributed by atoms with Gasteiger partial charge in [0.1, 0.15) is 0 Å². The van der Waals surface area contributed by atoms with E-state index in [0.717, 1.165) is 69.7 Å². The molecule has 4 rings (SSSR count). The quantitative estimate of drug-likeness (QED) is 0.216. The number of fused-ring (bicyclic) bond motifs is 5. The highest BCUT2D eigenvalue weighted by atomic mass is 28.4. The fraction of sp³-hybridized carbons (Fsp3) is 0.793. The average molecular weight is 473 g/mol. The topological polar surface area (TPSA) is 38.7 Å². The molecule has 0 unspecified atom stereocenters. The van der Waals surface area contributed by atoms with E-state index in [0.29, 0.717) is 17.8 Å².